The van der Waals surface area contributed by atoms with E-state index in [0.717, 1.165) is 0 Å². The second-order valence-corrected chi connectivity index (χ2v) is 2.92. The number of aromatic nitrogens is 4. The lowest BCUT2D eigenvalue weighted by molar-refractivity contribution is 1.11. The zero-order valence-corrected chi connectivity index (χ0v) is 7.69. The Hall–Kier alpha value is -1.75. The van der Waals surface area contributed by atoms with E-state index in [2.05, 4.69) is 19.9 Å². The second-order valence-electron chi connectivity index (χ2n) is 2.54. The molecule has 0 unspecified atom stereocenters. The SMILES string of the molecule is O=c1cncc(-c2cncc(Cl)n2)[nH]1. The molecular weight excluding hydrogens is 204 g/mol. The molecule has 2 rings (SSSR count). The van der Waals surface area contributed by atoms with E-state index in [0.29, 0.717) is 11.4 Å². The molecule has 0 radical (unpaired) electrons. The van der Waals surface area contributed by atoms with Crippen LogP contribution in [0.25, 0.3) is 11.4 Å². The third-order valence-corrected chi connectivity index (χ3v) is 1.72. The maximum atomic E-state index is 10.9. The monoisotopic (exact) mass is 208 g/mol. The van der Waals surface area contributed by atoms with Gasteiger partial charge in [0.2, 0.25) is 0 Å². The Kier molecular flexibility index (Phi) is 2.24. The fraction of sp³-hybridized carbons (Fsp3) is 0. The Labute approximate surface area is 83.8 Å². The van der Waals surface area contributed by atoms with E-state index in [1.807, 2.05) is 0 Å². The van der Waals surface area contributed by atoms with Gasteiger partial charge in [0.15, 0.2) is 0 Å². The van der Waals surface area contributed by atoms with Crippen LogP contribution in [0.4, 0.5) is 0 Å². The van der Waals surface area contributed by atoms with E-state index in [9.17, 15) is 4.79 Å². The first kappa shape index (κ1) is 8.83. The molecule has 5 nitrogen and oxygen atoms in total. The van der Waals surface area contributed by atoms with Crippen molar-refractivity contribution in [2.45, 2.75) is 0 Å². The van der Waals surface area contributed by atoms with Crippen molar-refractivity contribution < 1.29 is 0 Å². The lowest BCUT2D eigenvalue weighted by Gasteiger charge is -1.98. The van der Waals surface area contributed by atoms with Gasteiger partial charge in [-0.1, -0.05) is 11.6 Å². The molecule has 14 heavy (non-hydrogen) atoms. The Bertz CT molecular complexity index is 510. The molecule has 2 heterocycles. The van der Waals surface area contributed by atoms with Crippen molar-refractivity contribution in [3.63, 3.8) is 0 Å². The van der Waals surface area contributed by atoms with Gasteiger partial charge in [0, 0.05) is 0 Å². The summed E-state index contributed by atoms with van der Waals surface area (Å²) in [6, 6.07) is 0. The predicted molar refractivity (Wildman–Crippen MR) is 50.9 cm³/mol. The second kappa shape index (κ2) is 3.55. The van der Waals surface area contributed by atoms with Crippen LogP contribution in [0, 0.1) is 0 Å². The fourth-order valence-electron chi connectivity index (χ4n) is 0.979. The minimum atomic E-state index is -0.288. The highest BCUT2D eigenvalue weighted by Gasteiger charge is 2.01. The first-order valence-electron chi connectivity index (χ1n) is 3.78. The quantitative estimate of drug-likeness (QED) is 0.755. The summed E-state index contributed by atoms with van der Waals surface area (Å²) in [6.07, 6.45) is 5.58. The first-order chi connectivity index (χ1) is 6.75. The van der Waals surface area contributed by atoms with Gasteiger partial charge in [0.1, 0.15) is 10.8 Å². The van der Waals surface area contributed by atoms with Gasteiger partial charge in [-0.15, -0.1) is 0 Å². The van der Waals surface area contributed by atoms with Crippen molar-refractivity contribution >= 4 is 11.6 Å². The molecule has 0 aliphatic rings. The van der Waals surface area contributed by atoms with Crippen molar-refractivity contribution in [1.29, 1.82) is 0 Å². The maximum Gasteiger partial charge on any atom is 0.266 e. The Morgan fingerprint density at radius 1 is 1.14 bits per heavy atom. The molecule has 0 amide bonds. The molecule has 0 aliphatic carbocycles. The van der Waals surface area contributed by atoms with E-state index in [-0.39, 0.29) is 10.7 Å². The molecule has 0 saturated heterocycles. The minimum Gasteiger partial charge on any atom is -0.318 e. The highest BCUT2D eigenvalue weighted by molar-refractivity contribution is 6.29. The van der Waals surface area contributed by atoms with E-state index in [1.165, 1.54) is 24.8 Å². The van der Waals surface area contributed by atoms with Gasteiger partial charge >= 0.3 is 0 Å². The van der Waals surface area contributed by atoms with Crippen molar-refractivity contribution in [3.05, 3.63) is 40.3 Å². The van der Waals surface area contributed by atoms with Crippen LogP contribution >= 0.6 is 11.6 Å². The summed E-state index contributed by atoms with van der Waals surface area (Å²) in [7, 11) is 0. The number of hydrogen-bond acceptors (Lipinski definition) is 4. The van der Waals surface area contributed by atoms with Gasteiger partial charge < -0.3 is 4.98 Å². The van der Waals surface area contributed by atoms with Crippen molar-refractivity contribution in [1.82, 2.24) is 19.9 Å². The van der Waals surface area contributed by atoms with Gasteiger partial charge in [0.25, 0.3) is 5.56 Å². The molecule has 0 spiro atoms. The molecule has 0 saturated carbocycles. The van der Waals surface area contributed by atoms with Crippen LogP contribution in [-0.2, 0) is 0 Å². The first-order valence-corrected chi connectivity index (χ1v) is 4.16. The Morgan fingerprint density at radius 2 is 1.93 bits per heavy atom. The van der Waals surface area contributed by atoms with Gasteiger partial charge in [-0.2, -0.15) is 0 Å². The van der Waals surface area contributed by atoms with Crippen LogP contribution in [0.3, 0.4) is 0 Å². The highest BCUT2D eigenvalue weighted by Crippen LogP contribution is 2.12. The molecule has 70 valence electrons. The Morgan fingerprint density at radius 3 is 2.64 bits per heavy atom. The van der Waals surface area contributed by atoms with Gasteiger partial charge in [-0.3, -0.25) is 14.8 Å². The third-order valence-electron chi connectivity index (χ3n) is 1.53. The Balaban J connectivity index is 2.55. The van der Waals surface area contributed by atoms with Crippen LogP contribution in [0.5, 0.6) is 0 Å². The number of H-pyrrole nitrogens is 1. The van der Waals surface area contributed by atoms with E-state index in [4.69, 9.17) is 11.6 Å². The molecular formula is C8H5ClN4O. The lowest BCUT2D eigenvalue weighted by atomic mass is 10.3. The van der Waals surface area contributed by atoms with E-state index < -0.39 is 0 Å². The zero-order valence-electron chi connectivity index (χ0n) is 6.94. The van der Waals surface area contributed by atoms with Crippen LogP contribution < -0.4 is 5.56 Å². The zero-order chi connectivity index (χ0) is 9.97. The van der Waals surface area contributed by atoms with Crippen LogP contribution in [0.2, 0.25) is 5.15 Å². The summed E-state index contributed by atoms with van der Waals surface area (Å²) >= 11 is 5.65. The number of hydrogen-bond donors (Lipinski definition) is 1. The average molecular weight is 209 g/mol. The standard InChI is InChI=1S/C8H5ClN4O/c9-7-3-10-1-5(12-7)6-2-11-4-8(14)13-6/h1-4H,(H,13,14). The molecule has 2 aromatic heterocycles. The van der Waals surface area contributed by atoms with Crippen molar-refractivity contribution in [2.24, 2.45) is 0 Å². The molecule has 0 atom stereocenters. The number of nitrogens with one attached hydrogen (secondary N) is 1. The average Bonchev–Trinajstić information content (AvgIpc) is 2.18. The van der Waals surface area contributed by atoms with Gasteiger partial charge in [-0.25, -0.2) is 4.98 Å². The van der Waals surface area contributed by atoms with Crippen LogP contribution in [0.1, 0.15) is 0 Å². The molecule has 1 N–H and O–H groups in total. The highest BCUT2D eigenvalue weighted by atomic mass is 35.5. The molecule has 2 aromatic rings. The normalized spacial score (nSPS) is 10.1. The summed E-state index contributed by atoms with van der Waals surface area (Å²) in [5.74, 6) is 0. The number of aromatic amines is 1. The number of rotatable bonds is 1. The smallest absolute Gasteiger partial charge is 0.266 e. The van der Waals surface area contributed by atoms with Gasteiger partial charge in [0.05, 0.1) is 30.5 Å². The van der Waals surface area contributed by atoms with E-state index >= 15 is 0 Å². The van der Waals surface area contributed by atoms with Crippen LogP contribution in [-0.4, -0.2) is 19.9 Å². The summed E-state index contributed by atoms with van der Waals surface area (Å²) in [6.45, 7) is 0. The van der Waals surface area contributed by atoms with Gasteiger partial charge in [-0.05, 0) is 0 Å². The van der Waals surface area contributed by atoms with Crippen molar-refractivity contribution in [2.75, 3.05) is 0 Å². The summed E-state index contributed by atoms with van der Waals surface area (Å²) in [5, 5.41) is 0.271. The topological polar surface area (TPSA) is 71.5 Å². The fourth-order valence-corrected chi connectivity index (χ4v) is 1.13. The maximum absolute atomic E-state index is 10.9. The molecule has 0 aromatic carbocycles. The molecule has 0 fully saturated rings. The van der Waals surface area contributed by atoms with E-state index in [1.54, 1.807) is 0 Å². The molecule has 0 aliphatic heterocycles. The van der Waals surface area contributed by atoms with Crippen molar-refractivity contribution in [3.8, 4) is 11.4 Å². The predicted octanol–water partition coefficient (Wildman–Crippen LogP) is 0.880. The molecule has 0 bridgehead atoms. The summed E-state index contributed by atoms with van der Waals surface area (Å²) < 4.78 is 0. The molecule has 6 heteroatoms. The number of halogens is 1. The minimum absolute atomic E-state index is 0.271. The third kappa shape index (κ3) is 1.77. The van der Waals surface area contributed by atoms with Crippen LogP contribution in [0.15, 0.2) is 29.6 Å². The number of nitrogens with zero attached hydrogens (tertiary/aromatic N) is 3. The largest absolute Gasteiger partial charge is 0.318 e. The lowest BCUT2D eigenvalue weighted by Crippen LogP contribution is -2.06. The summed E-state index contributed by atoms with van der Waals surface area (Å²) in [4.78, 5) is 25.1. The summed E-state index contributed by atoms with van der Waals surface area (Å²) in [5.41, 5.74) is 0.694.